The van der Waals surface area contributed by atoms with Gasteiger partial charge >= 0.3 is 5.97 Å². The molecule has 8 atom stereocenters. The Hall–Kier alpha value is -3.20. The number of benzene rings is 1. The van der Waals surface area contributed by atoms with Crippen molar-refractivity contribution < 1.29 is 23.5 Å². The van der Waals surface area contributed by atoms with Gasteiger partial charge in [-0.05, 0) is 110 Å². The van der Waals surface area contributed by atoms with Crippen molar-refractivity contribution in [2.75, 3.05) is 24.6 Å². The van der Waals surface area contributed by atoms with Crippen LogP contribution in [-0.4, -0.2) is 43.4 Å². The molecule has 1 aliphatic heterocycles. The third-order valence-electron chi connectivity index (χ3n) is 11.2. The number of allylic oxidation sites excluding steroid dienone is 4. The number of hydrogen-bond acceptors (Lipinski definition) is 5. The topological polar surface area (TPSA) is 63.7 Å². The molecule has 1 aromatic rings. The molecule has 1 heterocycles. The van der Waals surface area contributed by atoms with E-state index in [0.29, 0.717) is 18.4 Å². The molecule has 4 fully saturated rings. The van der Waals surface area contributed by atoms with E-state index >= 15 is 4.39 Å². The van der Waals surface area contributed by atoms with Gasteiger partial charge in [0.1, 0.15) is 6.17 Å². The van der Waals surface area contributed by atoms with E-state index in [-0.39, 0.29) is 47.8 Å². The summed E-state index contributed by atoms with van der Waals surface area (Å²) in [5, 5.41) is 0. The van der Waals surface area contributed by atoms with Gasteiger partial charge in [-0.15, -0.1) is 5.92 Å². The lowest BCUT2D eigenvalue weighted by Crippen LogP contribution is -2.55. The molecule has 4 aliphatic carbocycles. The predicted molar refractivity (Wildman–Crippen MR) is 156 cm³/mol. The highest BCUT2D eigenvalue weighted by Crippen LogP contribution is 2.70. The van der Waals surface area contributed by atoms with Crippen molar-refractivity contribution in [2.24, 2.45) is 34.5 Å². The molecule has 1 saturated heterocycles. The van der Waals surface area contributed by atoms with Gasteiger partial charge in [-0.2, -0.15) is 0 Å². The van der Waals surface area contributed by atoms with Gasteiger partial charge < -0.3 is 9.64 Å². The molecule has 6 rings (SSSR count). The minimum Gasteiger partial charge on any atom is -0.458 e. The summed E-state index contributed by atoms with van der Waals surface area (Å²) >= 11 is 0. The monoisotopic (exact) mass is 557 g/mol. The second-order valence-electron chi connectivity index (χ2n) is 13.0. The molecule has 0 bridgehead atoms. The highest BCUT2D eigenvalue weighted by molar-refractivity contribution is 6.01. The fourth-order valence-electron chi connectivity index (χ4n) is 9.43. The minimum atomic E-state index is -1.18. The van der Waals surface area contributed by atoms with Gasteiger partial charge in [0, 0.05) is 31.6 Å². The first-order valence-corrected chi connectivity index (χ1v) is 15.2. The highest BCUT2D eigenvalue weighted by Gasteiger charge is 2.67. The molecule has 2 unspecified atom stereocenters. The Balaban J connectivity index is 1.44. The zero-order valence-corrected chi connectivity index (χ0v) is 24.3. The van der Waals surface area contributed by atoms with E-state index in [1.54, 1.807) is 13.0 Å². The van der Waals surface area contributed by atoms with Crippen molar-refractivity contribution in [1.29, 1.82) is 0 Å². The molecular weight excluding hydrogens is 517 g/mol. The van der Waals surface area contributed by atoms with Gasteiger partial charge in [0.05, 0.1) is 5.41 Å². The SMILES string of the molecule is CC#C[C@]1(C(=O)COC(C)=O)CC[C@H]2[C@@H]3CC(F)C4=CC(=O)C=C[C@@H]4[C@H]3C(c3ccc(N4CCCC4)cc3)C[C@@]21C. The maximum Gasteiger partial charge on any atom is 0.303 e. The zero-order chi connectivity index (χ0) is 28.9. The molecule has 1 aromatic carbocycles. The van der Waals surface area contributed by atoms with Crippen molar-refractivity contribution in [3.8, 4) is 11.8 Å². The third kappa shape index (κ3) is 4.47. The number of halogens is 1. The Morgan fingerprint density at radius 3 is 2.59 bits per heavy atom. The number of carbonyl (C=O) groups is 3. The summed E-state index contributed by atoms with van der Waals surface area (Å²) in [6.45, 7) is 7.11. The number of rotatable bonds is 5. The van der Waals surface area contributed by atoms with Crippen molar-refractivity contribution in [3.05, 3.63) is 53.6 Å². The first-order chi connectivity index (χ1) is 19.7. The van der Waals surface area contributed by atoms with E-state index in [1.165, 1.54) is 37.1 Å². The van der Waals surface area contributed by atoms with Gasteiger partial charge in [0.15, 0.2) is 18.2 Å². The van der Waals surface area contributed by atoms with Crippen molar-refractivity contribution >= 4 is 23.2 Å². The zero-order valence-electron chi connectivity index (χ0n) is 24.3. The van der Waals surface area contributed by atoms with Gasteiger partial charge in [-0.3, -0.25) is 14.4 Å². The number of ether oxygens (including phenoxy) is 1. The Kier molecular flexibility index (Phi) is 7.20. The molecule has 41 heavy (non-hydrogen) atoms. The van der Waals surface area contributed by atoms with Gasteiger partial charge in [0.2, 0.25) is 0 Å². The maximum atomic E-state index is 15.9. The van der Waals surface area contributed by atoms with E-state index in [9.17, 15) is 14.4 Å². The lowest BCUT2D eigenvalue weighted by atomic mass is 9.45. The minimum absolute atomic E-state index is 0.0362. The Bertz CT molecular complexity index is 1360. The number of alkyl halides is 1. The van der Waals surface area contributed by atoms with Crippen molar-refractivity contribution in [2.45, 2.75) is 71.4 Å². The molecule has 0 spiro atoms. The number of ketones is 2. The van der Waals surface area contributed by atoms with E-state index < -0.39 is 23.0 Å². The van der Waals surface area contributed by atoms with Crippen LogP contribution >= 0.6 is 0 Å². The third-order valence-corrected chi connectivity index (χ3v) is 11.2. The average Bonchev–Trinajstić information content (AvgIpc) is 3.59. The van der Waals surface area contributed by atoms with Crippen LogP contribution in [0.15, 0.2) is 48.1 Å². The Morgan fingerprint density at radius 2 is 1.90 bits per heavy atom. The molecule has 5 aliphatic rings. The fraction of sp³-hybridized carbons (Fsp3) is 0.571. The predicted octanol–water partition coefficient (Wildman–Crippen LogP) is 5.99. The van der Waals surface area contributed by atoms with Crippen LogP contribution in [0.25, 0.3) is 0 Å². The van der Waals surface area contributed by atoms with Crippen LogP contribution in [0.2, 0.25) is 0 Å². The fourth-order valence-corrected chi connectivity index (χ4v) is 9.43. The number of esters is 1. The maximum absolute atomic E-state index is 15.9. The average molecular weight is 558 g/mol. The second-order valence-corrected chi connectivity index (χ2v) is 13.0. The standard InChI is InChI=1S/C35H40FNO4/c1-4-14-35(32(40)21-41-22(2)38)15-13-30-28-19-31(36)27-18-25(39)11-12-26(27)33(28)29(20-34(30,35)3)23-7-9-24(10-8-23)37-16-5-6-17-37/h7-12,18,26,28-31,33H,5-6,13,15-17,19-21H2,1-3H3/t26-,28-,29?,30-,31?,33+,34-,35+/m0/s1. The summed E-state index contributed by atoms with van der Waals surface area (Å²) in [5.74, 6) is 5.81. The molecule has 0 aromatic heterocycles. The molecule has 3 saturated carbocycles. The summed E-state index contributed by atoms with van der Waals surface area (Å²) in [6.07, 6.45) is 8.75. The number of Topliss-reactive ketones (excluding diaryl/α,β-unsaturated/α-hetero) is 1. The van der Waals surface area contributed by atoms with Crippen molar-refractivity contribution in [3.63, 3.8) is 0 Å². The molecular formula is C35H40FNO4. The number of carbonyl (C=O) groups excluding carboxylic acids is 3. The highest BCUT2D eigenvalue weighted by atomic mass is 19.1. The van der Waals surface area contributed by atoms with Crippen molar-refractivity contribution in [1.82, 2.24) is 0 Å². The lowest BCUT2D eigenvalue weighted by molar-refractivity contribution is -0.152. The first-order valence-electron chi connectivity index (χ1n) is 15.2. The molecule has 0 amide bonds. The van der Waals surface area contributed by atoms with E-state index in [4.69, 9.17) is 4.74 Å². The first kappa shape index (κ1) is 27.9. The number of nitrogens with zero attached hydrogens (tertiary/aromatic N) is 1. The van der Waals surface area contributed by atoms with Crippen LogP contribution in [0.4, 0.5) is 10.1 Å². The van der Waals surface area contributed by atoms with Crippen LogP contribution in [0.1, 0.15) is 70.8 Å². The molecule has 0 radical (unpaired) electrons. The van der Waals surface area contributed by atoms with Gasteiger partial charge in [-0.25, -0.2) is 4.39 Å². The Labute approximate surface area is 242 Å². The molecule has 0 N–H and O–H groups in total. The molecule has 6 heteroatoms. The second kappa shape index (κ2) is 10.6. The van der Waals surface area contributed by atoms with Gasteiger partial charge in [0.25, 0.3) is 0 Å². The largest absolute Gasteiger partial charge is 0.458 e. The van der Waals surface area contributed by atoms with Crippen LogP contribution in [0, 0.1) is 46.3 Å². The van der Waals surface area contributed by atoms with E-state index in [1.807, 2.05) is 6.08 Å². The van der Waals surface area contributed by atoms with Crippen LogP contribution in [0.3, 0.4) is 0 Å². The number of anilines is 1. The van der Waals surface area contributed by atoms with E-state index in [2.05, 4.69) is 47.9 Å². The quantitative estimate of drug-likeness (QED) is 0.329. The van der Waals surface area contributed by atoms with E-state index in [0.717, 1.165) is 25.9 Å². The van der Waals surface area contributed by atoms with Crippen LogP contribution < -0.4 is 4.90 Å². The normalized spacial score (nSPS) is 37.3. The lowest BCUT2D eigenvalue weighted by Gasteiger charge is -2.58. The summed E-state index contributed by atoms with van der Waals surface area (Å²) in [4.78, 5) is 40.3. The molecule has 5 nitrogen and oxygen atoms in total. The summed E-state index contributed by atoms with van der Waals surface area (Å²) < 4.78 is 21.1. The van der Waals surface area contributed by atoms with Crippen LogP contribution in [0.5, 0.6) is 0 Å². The number of fused-ring (bicyclic) bond motifs is 5. The summed E-state index contributed by atoms with van der Waals surface area (Å²) in [5.41, 5.74) is 1.57. The summed E-state index contributed by atoms with van der Waals surface area (Å²) in [6, 6.07) is 8.87. The number of hydrogen-bond donors (Lipinski definition) is 0. The van der Waals surface area contributed by atoms with Crippen LogP contribution in [-0.2, 0) is 19.1 Å². The smallest absolute Gasteiger partial charge is 0.303 e. The summed E-state index contributed by atoms with van der Waals surface area (Å²) in [7, 11) is 0. The molecule has 216 valence electrons. The Morgan fingerprint density at radius 1 is 1.17 bits per heavy atom. The van der Waals surface area contributed by atoms with Gasteiger partial charge in [-0.1, -0.05) is 31.1 Å².